The van der Waals surface area contributed by atoms with Gasteiger partial charge in [0.25, 0.3) is 0 Å². The van der Waals surface area contributed by atoms with Crippen LogP contribution in [0.1, 0.15) is 30.5 Å². The molecule has 1 aromatic carbocycles. The van der Waals surface area contributed by atoms with Crippen LogP contribution in [0.3, 0.4) is 0 Å². The standard InChI is InChI=1S/C17H23N3O/c1-4-16(18-3)14-8-9-20(11-14)12-17(21)19-15-7-5-6-13(2)10-15/h5-11,16,18H,4,12H2,1-3H3,(H,19,21). The van der Waals surface area contributed by atoms with Crippen LogP contribution in [0.5, 0.6) is 0 Å². The minimum atomic E-state index is -0.0137. The predicted octanol–water partition coefficient (Wildman–Crippen LogP) is 3.11. The normalized spacial score (nSPS) is 12.1. The van der Waals surface area contributed by atoms with E-state index in [0.29, 0.717) is 12.6 Å². The third kappa shape index (κ3) is 4.20. The van der Waals surface area contributed by atoms with Crippen molar-refractivity contribution in [3.8, 4) is 0 Å². The molecule has 2 N–H and O–H groups in total. The van der Waals surface area contributed by atoms with E-state index in [1.807, 2.05) is 55.2 Å². The van der Waals surface area contributed by atoms with Crippen LogP contribution < -0.4 is 10.6 Å². The van der Waals surface area contributed by atoms with Gasteiger partial charge in [-0.15, -0.1) is 0 Å². The Morgan fingerprint density at radius 3 is 2.81 bits per heavy atom. The Hall–Kier alpha value is -2.07. The van der Waals surface area contributed by atoms with Gasteiger partial charge in [-0.3, -0.25) is 4.79 Å². The minimum absolute atomic E-state index is 0.0137. The summed E-state index contributed by atoms with van der Waals surface area (Å²) in [7, 11) is 1.95. The monoisotopic (exact) mass is 285 g/mol. The Kier molecular flexibility index (Phi) is 5.17. The second-order valence-corrected chi connectivity index (χ2v) is 5.28. The van der Waals surface area contributed by atoms with Crippen molar-refractivity contribution in [1.82, 2.24) is 9.88 Å². The first-order valence-electron chi connectivity index (χ1n) is 7.32. The molecular formula is C17H23N3O. The zero-order chi connectivity index (χ0) is 15.2. The van der Waals surface area contributed by atoms with Gasteiger partial charge in [-0.1, -0.05) is 19.1 Å². The zero-order valence-corrected chi connectivity index (χ0v) is 12.9. The van der Waals surface area contributed by atoms with Crippen molar-refractivity contribution in [1.29, 1.82) is 0 Å². The molecule has 0 fully saturated rings. The summed E-state index contributed by atoms with van der Waals surface area (Å²) in [4.78, 5) is 12.1. The average Bonchev–Trinajstić information content (AvgIpc) is 2.88. The van der Waals surface area contributed by atoms with Crippen molar-refractivity contribution >= 4 is 11.6 Å². The molecule has 0 aliphatic carbocycles. The number of aromatic nitrogens is 1. The zero-order valence-electron chi connectivity index (χ0n) is 12.9. The molecule has 1 atom stereocenters. The van der Waals surface area contributed by atoms with E-state index in [0.717, 1.165) is 17.7 Å². The van der Waals surface area contributed by atoms with E-state index in [2.05, 4.69) is 23.6 Å². The van der Waals surface area contributed by atoms with Gasteiger partial charge in [0.2, 0.25) is 5.91 Å². The molecule has 112 valence electrons. The summed E-state index contributed by atoms with van der Waals surface area (Å²) < 4.78 is 1.92. The summed E-state index contributed by atoms with van der Waals surface area (Å²) in [5.74, 6) is -0.0137. The Balaban J connectivity index is 1.97. The first kappa shape index (κ1) is 15.3. The van der Waals surface area contributed by atoms with Crippen molar-refractivity contribution in [2.24, 2.45) is 0 Å². The summed E-state index contributed by atoms with van der Waals surface area (Å²) in [5.41, 5.74) is 3.19. The van der Waals surface area contributed by atoms with Gasteiger partial charge >= 0.3 is 0 Å². The maximum Gasteiger partial charge on any atom is 0.244 e. The molecule has 0 aliphatic rings. The number of hydrogen-bond acceptors (Lipinski definition) is 2. The van der Waals surface area contributed by atoms with Crippen LogP contribution in [-0.2, 0) is 11.3 Å². The molecule has 1 heterocycles. The summed E-state index contributed by atoms with van der Waals surface area (Å²) in [6.07, 6.45) is 5.00. The number of hydrogen-bond donors (Lipinski definition) is 2. The van der Waals surface area contributed by atoms with Crippen molar-refractivity contribution in [3.05, 3.63) is 53.9 Å². The Labute approximate surface area is 126 Å². The Bertz CT molecular complexity index is 600. The van der Waals surface area contributed by atoms with Crippen molar-refractivity contribution in [2.75, 3.05) is 12.4 Å². The van der Waals surface area contributed by atoms with E-state index >= 15 is 0 Å². The number of carbonyl (C=O) groups is 1. The molecule has 0 saturated carbocycles. The lowest BCUT2D eigenvalue weighted by molar-refractivity contribution is -0.116. The van der Waals surface area contributed by atoms with Gasteiger partial charge in [0.15, 0.2) is 0 Å². The number of amides is 1. The average molecular weight is 285 g/mol. The smallest absolute Gasteiger partial charge is 0.244 e. The van der Waals surface area contributed by atoms with Crippen LogP contribution in [0.2, 0.25) is 0 Å². The number of nitrogens with one attached hydrogen (secondary N) is 2. The van der Waals surface area contributed by atoms with Gasteiger partial charge < -0.3 is 15.2 Å². The molecule has 4 nitrogen and oxygen atoms in total. The highest BCUT2D eigenvalue weighted by Crippen LogP contribution is 2.16. The number of anilines is 1. The minimum Gasteiger partial charge on any atom is -0.345 e. The van der Waals surface area contributed by atoms with E-state index in [1.165, 1.54) is 5.56 Å². The van der Waals surface area contributed by atoms with Crippen molar-refractivity contribution < 1.29 is 4.79 Å². The van der Waals surface area contributed by atoms with Gasteiger partial charge in [-0.05, 0) is 49.7 Å². The van der Waals surface area contributed by atoms with E-state index in [4.69, 9.17) is 0 Å². The van der Waals surface area contributed by atoms with Crippen LogP contribution in [0.15, 0.2) is 42.7 Å². The SMILES string of the molecule is CCC(NC)c1ccn(CC(=O)Nc2cccc(C)c2)c1. The molecule has 1 amide bonds. The summed E-state index contributed by atoms with van der Waals surface area (Å²) in [6, 6.07) is 10.2. The fourth-order valence-corrected chi connectivity index (χ4v) is 2.46. The highest BCUT2D eigenvalue weighted by atomic mass is 16.1. The first-order chi connectivity index (χ1) is 10.1. The lowest BCUT2D eigenvalue weighted by Crippen LogP contribution is -2.18. The maximum absolute atomic E-state index is 12.1. The molecular weight excluding hydrogens is 262 g/mol. The first-order valence-corrected chi connectivity index (χ1v) is 7.32. The third-order valence-electron chi connectivity index (χ3n) is 3.56. The molecule has 0 radical (unpaired) electrons. The van der Waals surface area contributed by atoms with Crippen molar-refractivity contribution in [2.45, 2.75) is 32.9 Å². The van der Waals surface area contributed by atoms with Crippen LogP contribution >= 0.6 is 0 Å². The van der Waals surface area contributed by atoms with Gasteiger partial charge in [-0.2, -0.15) is 0 Å². The summed E-state index contributed by atoms with van der Waals surface area (Å²) in [5, 5.41) is 6.19. The molecule has 1 aromatic heterocycles. The largest absolute Gasteiger partial charge is 0.345 e. The van der Waals surface area contributed by atoms with Gasteiger partial charge in [0, 0.05) is 24.1 Å². The second kappa shape index (κ2) is 7.09. The van der Waals surface area contributed by atoms with Gasteiger partial charge in [0.1, 0.15) is 6.54 Å². The lowest BCUT2D eigenvalue weighted by Gasteiger charge is -2.11. The molecule has 21 heavy (non-hydrogen) atoms. The van der Waals surface area contributed by atoms with Crippen LogP contribution in [0.25, 0.3) is 0 Å². The fourth-order valence-electron chi connectivity index (χ4n) is 2.46. The van der Waals surface area contributed by atoms with Crippen molar-refractivity contribution in [3.63, 3.8) is 0 Å². The molecule has 2 aromatic rings. The second-order valence-electron chi connectivity index (χ2n) is 5.28. The number of rotatable bonds is 6. The molecule has 0 spiro atoms. The fraction of sp³-hybridized carbons (Fsp3) is 0.353. The van der Waals surface area contributed by atoms with Gasteiger partial charge in [-0.25, -0.2) is 0 Å². The highest BCUT2D eigenvalue weighted by molar-refractivity contribution is 5.90. The maximum atomic E-state index is 12.1. The topological polar surface area (TPSA) is 46.1 Å². The number of carbonyl (C=O) groups excluding carboxylic acids is 1. The number of aryl methyl sites for hydroxylation is 1. The quantitative estimate of drug-likeness (QED) is 0.856. The molecule has 2 rings (SSSR count). The molecule has 4 heteroatoms. The van der Waals surface area contributed by atoms with Crippen LogP contribution in [0.4, 0.5) is 5.69 Å². The lowest BCUT2D eigenvalue weighted by atomic mass is 10.1. The van der Waals surface area contributed by atoms with Crippen LogP contribution in [-0.4, -0.2) is 17.5 Å². The molecule has 0 aliphatic heterocycles. The molecule has 1 unspecified atom stereocenters. The Morgan fingerprint density at radius 2 is 2.14 bits per heavy atom. The third-order valence-corrected chi connectivity index (χ3v) is 3.56. The number of nitrogens with zero attached hydrogens (tertiary/aromatic N) is 1. The van der Waals surface area contributed by atoms with Crippen LogP contribution in [0, 0.1) is 6.92 Å². The van der Waals surface area contributed by atoms with E-state index in [9.17, 15) is 4.79 Å². The number of benzene rings is 1. The molecule has 0 bridgehead atoms. The summed E-state index contributed by atoms with van der Waals surface area (Å²) in [6.45, 7) is 4.48. The van der Waals surface area contributed by atoms with E-state index < -0.39 is 0 Å². The van der Waals surface area contributed by atoms with Gasteiger partial charge in [0.05, 0.1) is 0 Å². The highest BCUT2D eigenvalue weighted by Gasteiger charge is 2.09. The Morgan fingerprint density at radius 1 is 1.33 bits per heavy atom. The molecule has 0 saturated heterocycles. The van der Waals surface area contributed by atoms with E-state index in [1.54, 1.807) is 0 Å². The summed E-state index contributed by atoms with van der Waals surface area (Å²) >= 11 is 0. The van der Waals surface area contributed by atoms with E-state index in [-0.39, 0.29) is 5.91 Å². The predicted molar refractivity (Wildman–Crippen MR) is 86.3 cm³/mol.